The van der Waals surface area contributed by atoms with Crippen LogP contribution in [0.25, 0.3) is 0 Å². The average Bonchev–Trinajstić information content (AvgIpc) is 3.41. The number of carbonyl (C=O) groups is 5. The fourth-order valence-electron chi connectivity index (χ4n) is 7.66. The van der Waals surface area contributed by atoms with E-state index < -0.39 is 73.9 Å². The van der Waals surface area contributed by atoms with E-state index in [2.05, 4.69) is 16.0 Å². The number of nitrogens with one attached hydrogen (secondary N) is 3. The highest BCUT2D eigenvalue weighted by atomic mass is 32.2. The number of hydrogen-bond donors (Lipinski definition) is 4. The molecule has 4 unspecified atom stereocenters. The van der Waals surface area contributed by atoms with Crippen LogP contribution in [-0.2, 0) is 34.8 Å². The highest BCUT2D eigenvalue weighted by Gasteiger charge is 2.50. The summed E-state index contributed by atoms with van der Waals surface area (Å²) in [6, 6.07) is 5.03. The van der Waals surface area contributed by atoms with Gasteiger partial charge in [0.25, 0.3) is 5.91 Å². The van der Waals surface area contributed by atoms with Gasteiger partial charge in [-0.2, -0.15) is 0 Å². The number of nitrogens with zero attached hydrogens (tertiary/aromatic N) is 1. The zero-order chi connectivity index (χ0) is 38.5. The average molecular weight is 732 g/mol. The molecule has 1 aromatic rings. The largest absolute Gasteiger partial charge is 0.363 e. The number of Topliss-reactive ketones (excluding diaryl/α,β-unsaturated/α-hetero) is 1. The number of ketones is 1. The molecular weight excluding hydrogens is 671 g/mol. The fraction of sp³-hybridized carbons (Fsp3) is 0.711. The molecule has 1 heterocycles. The first-order chi connectivity index (χ1) is 23.4. The van der Waals surface area contributed by atoms with Gasteiger partial charge in [-0.3, -0.25) is 19.2 Å². The first-order valence-electron chi connectivity index (χ1n) is 18.2. The quantitative estimate of drug-likeness (QED) is 0.196. The number of hydrogen-bond acceptors (Lipinski definition) is 7. The third-order valence-corrected chi connectivity index (χ3v) is 12.0. The molecule has 286 valence electrons. The minimum atomic E-state index is -3.65. The van der Waals surface area contributed by atoms with Gasteiger partial charge < -0.3 is 26.6 Å². The van der Waals surface area contributed by atoms with Crippen molar-refractivity contribution in [1.29, 1.82) is 0 Å². The summed E-state index contributed by atoms with van der Waals surface area (Å²) in [5.41, 5.74) is 3.66. The number of amides is 5. The predicted molar refractivity (Wildman–Crippen MR) is 198 cm³/mol. The molecule has 1 saturated heterocycles. The zero-order valence-electron chi connectivity index (χ0n) is 32.0. The van der Waals surface area contributed by atoms with Crippen LogP contribution in [0.1, 0.15) is 106 Å². The molecule has 1 aliphatic heterocycles. The van der Waals surface area contributed by atoms with Crippen molar-refractivity contribution in [2.24, 2.45) is 34.3 Å². The summed E-state index contributed by atoms with van der Waals surface area (Å²) >= 11 is 0. The first-order valence-corrected chi connectivity index (χ1v) is 20.0. The van der Waals surface area contributed by atoms with Crippen molar-refractivity contribution in [3.05, 3.63) is 35.9 Å². The lowest BCUT2D eigenvalue weighted by Gasteiger charge is -2.39. The second-order valence-corrected chi connectivity index (χ2v) is 19.7. The minimum Gasteiger partial charge on any atom is -0.363 e. The first kappa shape index (κ1) is 41.9. The van der Waals surface area contributed by atoms with Crippen LogP contribution < -0.4 is 21.7 Å². The number of rotatable bonds is 15. The Morgan fingerprint density at radius 1 is 0.922 bits per heavy atom. The molecule has 0 radical (unpaired) electrons. The molecule has 0 aromatic heterocycles. The number of carbonyl (C=O) groups excluding carboxylic acids is 5. The van der Waals surface area contributed by atoms with E-state index in [1.54, 1.807) is 52.0 Å². The van der Waals surface area contributed by atoms with Crippen molar-refractivity contribution in [3.63, 3.8) is 0 Å². The van der Waals surface area contributed by atoms with E-state index in [0.717, 1.165) is 19.3 Å². The van der Waals surface area contributed by atoms with E-state index in [0.29, 0.717) is 24.8 Å². The molecule has 0 spiro atoms. The summed E-state index contributed by atoms with van der Waals surface area (Å²) in [7, 11) is -3.65. The maximum absolute atomic E-state index is 14.5. The van der Waals surface area contributed by atoms with Crippen LogP contribution in [0, 0.1) is 28.6 Å². The molecule has 13 heteroatoms. The summed E-state index contributed by atoms with van der Waals surface area (Å²) in [5.74, 6) is -3.50. The predicted octanol–water partition coefficient (Wildman–Crippen LogP) is 4.11. The van der Waals surface area contributed by atoms with Crippen molar-refractivity contribution in [2.75, 3.05) is 12.3 Å². The Labute approximate surface area is 304 Å². The zero-order valence-corrected chi connectivity index (χ0v) is 32.8. The molecule has 1 aromatic carbocycles. The van der Waals surface area contributed by atoms with Gasteiger partial charge in [-0.15, -0.1) is 0 Å². The summed E-state index contributed by atoms with van der Waals surface area (Å²) in [5, 5.41) is 8.54. The smallest absolute Gasteiger partial charge is 0.315 e. The summed E-state index contributed by atoms with van der Waals surface area (Å²) in [6.07, 6.45) is 3.99. The standard InChI is InChI=1S/C38H61N5O7S/c1-24(2)21-38(9,23-51(49,50)22-26-14-11-10-12-15-26)42-35(48)41-31(37(6,7)8)34(47)43-19-18-27(36(3,4)5)29(43)33(46)40-28(30(44)32(39)45)20-25-16-13-17-25/h10-12,14-15,24-25,27-29,31H,13,16-23H2,1-9H3,(H2,39,45)(H,40,46)(H2,41,42,48)/t27?,28?,29?,31-,38?/m1/s1. The molecule has 2 aliphatic rings. The Bertz CT molecular complexity index is 1530. The van der Waals surface area contributed by atoms with Gasteiger partial charge >= 0.3 is 6.03 Å². The Morgan fingerprint density at radius 2 is 1.53 bits per heavy atom. The van der Waals surface area contributed by atoms with Crippen LogP contribution in [0.15, 0.2) is 30.3 Å². The van der Waals surface area contributed by atoms with Crippen LogP contribution in [-0.4, -0.2) is 78.8 Å². The molecule has 51 heavy (non-hydrogen) atoms. The van der Waals surface area contributed by atoms with Crippen LogP contribution in [0.5, 0.6) is 0 Å². The lowest BCUT2D eigenvalue weighted by Crippen LogP contribution is -2.63. The van der Waals surface area contributed by atoms with Gasteiger partial charge in [-0.1, -0.05) is 105 Å². The number of benzene rings is 1. The molecule has 1 aliphatic carbocycles. The lowest BCUT2D eigenvalue weighted by molar-refractivity contribution is -0.145. The van der Waals surface area contributed by atoms with E-state index in [4.69, 9.17) is 5.73 Å². The Kier molecular flexibility index (Phi) is 13.5. The molecule has 3 rings (SSSR count). The van der Waals surface area contributed by atoms with Gasteiger partial charge in [-0.25, -0.2) is 13.2 Å². The van der Waals surface area contributed by atoms with Crippen molar-refractivity contribution in [1.82, 2.24) is 20.9 Å². The molecule has 0 bridgehead atoms. The van der Waals surface area contributed by atoms with Crippen molar-refractivity contribution >= 4 is 39.4 Å². The van der Waals surface area contributed by atoms with E-state index in [1.165, 1.54) is 4.90 Å². The maximum Gasteiger partial charge on any atom is 0.315 e. The van der Waals surface area contributed by atoms with Crippen LogP contribution in [0.3, 0.4) is 0 Å². The highest BCUT2D eigenvalue weighted by Crippen LogP contribution is 2.40. The molecule has 12 nitrogen and oxygen atoms in total. The fourth-order valence-corrected chi connectivity index (χ4v) is 9.62. The number of urea groups is 1. The normalized spacial score (nSPS) is 20.9. The van der Waals surface area contributed by atoms with Gasteiger partial charge in [0, 0.05) is 6.54 Å². The topological polar surface area (TPSA) is 185 Å². The molecule has 2 fully saturated rings. The SMILES string of the molecule is CC(C)CC(C)(CS(=O)(=O)Cc1ccccc1)NC(=O)N[C@H](C(=O)N1CCC(C(C)(C)C)C1C(=O)NC(CC1CCC1)C(=O)C(N)=O)C(C)(C)C. The van der Waals surface area contributed by atoms with Crippen LogP contribution in [0.4, 0.5) is 4.79 Å². The monoisotopic (exact) mass is 731 g/mol. The second kappa shape index (κ2) is 16.5. The minimum absolute atomic E-state index is 0.0510. The Balaban J connectivity index is 1.87. The summed E-state index contributed by atoms with van der Waals surface area (Å²) in [6.45, 7) is 17.2. The van der Waals surface area contributed by atoms with Gasteiger partial charge in [0.1, 0.15) is 12.1 Å². The summed E-state index contributed by atoms with van der Waals surface area (Å²) < 4.78 is 26.7. The molecule has 1 saturated carbocycles. The second-order valence-electron chi connectivity index (χ2n) is 17.6. The lowest BCUT2D eigenvalue weighted by atomic mass is 9.75. The van der Waals surface area contributed by atoms with E-state index in [1.807, 2.05) is 40.7 Å². The molecular formula is C38H61N5O7S. The van der Waals surface area contributed by atoms with Gasteiger partial charge in [-0.05, 0) is 60.3 Å². The Morgan fingerprint density at radius 3 is 2.02 bits per heavy atom. The van der Waals surface area contributed by atoms with Gasteiger partial charge in [0.05, 0.1) is 23.1 Å². The van der Waals surface area contributed by atoms with Crippen LogP contribution in [0.2, 0.25) is 0 Å². The van der Waals surface area contributed by atoms with E-state index >= 15 is 0 Å². The Hall–Kier alpha value is -3.48. The third-order valence-electron chi connectivity index (χ3n) is 10.2. The van der Waals surface area contributed by atoms with Gasteiger partial charge in [0.2, 0.25) is 17.6 Å². The van der Waals surface area contributed by atoms with E-state index in [9.17, 15) is 32.4 Å². The van der Waals surface area contributed by atoms with Crippen LogP contribution >= 0.6 is 0 Å². The third kappa shape index (κ3) is 11.8. The maximum atomic E-state index is 14.5. The van der Waals surface area contributed by atoms with Gasteiger partial charge in [0.15, 0.2) is 9.84 Å². The van der Waals surface area contributed by atoms with Crippen molar-refractivity contribution < 1.29 is 32.4 Å². The van der Waals surface area contributed by atoms with E-state index in [-0.39, 0.29) is 35.8 Å². The van der Waals surface area contributed by atoms with Crippen molar-refractivity contribution in [2.45, 2.75) is 130 Å². The molecule has 5 atom stereocenters. The number of primary amides is 1. The number of nitrogens with two attached hydrogens (primary N) is 1. The summed E-state index contributed by atoms with van der Waals surface area (Å²) in [4.78, 5) is 68.6. The highest BCUT2D eigenvalue weighted by molar-refractivity contribution is 7.90. The van der Waals surface area contributed by atoms with Crippen molar-refractivity contribution in [3.8, 4) is 0 Å². The molecule has 5 N–H and O–H groups in total. The number of sulfone groups is 1. The molecule has 5 amide bonds. The number of likely N-dealkylation sites (tertiary alicyclic amines) is 1.